The van der Waals surface area contributed by atoms with Crippen molar-refractivity contribution in [2.45, 2.75) is 25.8 Å². The zero-order chi connectivity index (χ0) is 18.5. The Kier molecular flexibility index (Phi) is 5.26. The second-order valence-electron chi connectivity index (χ2n) is 6.09. The second-order valence-corrected chi connectivity index (χ2v) is 6.09. The third kappa shape index (κ3) is 4.05. The maximum absolute atomic E-state index is 12.4. The van der Waals surface area contributed by atoms with E-state index in [1.54, 1.807) is 0 Å². The van der Waals surface area contributed by atoms with E-state index in [-0.39, 0.29) is 23.4 Å². The van der Waals surface area contributed by atoms with Crippen LogP contribution >= 0.6 is 0 Å². The molecule has 1 amide bonds. The lowest BCUT2D eigenvalue weighted by Gasteiger charge is -2.29. The van der Waals surface area contributed by atoms with Crippen LogP contribution in [-0.4, -0.2) is 38.8 Å². The van der Waals surface area contributed by atoms with Gasteiger partial charge in [0.15, 0.2) is 0 Å². The van der Waals surface area contributed by atoms with Gasteiger partial charge in [0.2, 0.25) is 17.7 Å². The summed E-state index contributed by atoms with van der Waals surface area (Å²) in [7, 11) is 0. The monoisotopic (exact) mass is 356 g/mol. The lowest BCUT2D eigenvalue weighted by Crippen LogP contribution is -2.36. The van der Waals surface area contributed by atoms with Crippen molar-refractivity contribution in [1.29, 1.82) is 0 Å². The molecule has 9 nitrogen and oxygen atoms in total. The van der Waals surface area contributed by atoms with Crippen LogP contribution in [0, 0.1) is 10.1 Å². The Morgan fingerprint density at radius 1 is 1.35 bits per heavy atom. The molecule has 0 saturated carbocycles. The van der Waals surface area contributed by atoms with E-state index in [0.717, 1.165) is 19.2 Å². The van der Waals surface area contributed by atoms with Crippen LogP contribution in [0.1, 0.15) is 24.0 Å². The van der Waals surface area contributed by atoms with Gasteiger partial charge in [0.25, 0.3) is 0 Å². The smallest absolute Gasteiger partial charge is 0.329 e. The average Bonchev–Trinajstić information content (AvgIpc) is 2.64. The number of hydrogen-bond acceptors (Lipinski definition) is 7. The summed E-state index contributed by atoms with van der Waals surface area (Å²) in [4.78, 5) is 32.0. The van der Waals surface area contributed by atoms with Crippen LogP contribution < -0.4 is 11.1 Å². The van der Waals surface area contributed by atoms with Gasteiger partial charge in [-0.1, -0.05) is 24.3 Å². The van der Waals surface area contributed by atoms with Gasteiger partial charge in [0.05, 0.1) is 4.92 Å². The van der Waals surface area contributed by atoms with E-state index in [2.05, 4.69) is 27.4 Å². The van der Waals surface area contributed by atoms with E-state index in [1.165, 1.54) is 11.1 Å². The van der Waals surface area contributed by atoms with Crippen molar-refractivity contribution < 1.29 is 9.72 Å². The number of rotatable bonds is 6. The number of nitrogens with one attached hydrogen (secondary N) is 1. The standard InChI is InChI=1S/C17H20N6O3/c18-16-14(23(25)26)10-20-17(21-16)19-8-3-6-15(24)22-9-7-12-4-1-2-5-13(12)11-22/h1-2,4-5,10H,3,6-9,11H2,(H3,18,19,20,21). The van der Waals surface area contributed by atoms with Crippen LogP contribution in [0.25, 0.3) is 0 Å². The molecule has 0 radical (unpaired) electrons. The summed E-state index contributed by atoms with van der Waals surface area (Å²) in [6, 6.07) is 8.19. The molecule has 2 aromatic rings. The fourth-order valence-corrected chi connectivity index (χ4v) is 2.92. The highest BCUT2D eigenvalue weighted by Crippen LogP contribution is 2.20. The van der Waals surface area contributed by atoms with Gasteiger partial charge in [-0.25, -0.2) is 4.98 Å². The molecule has 1 aliphatic rings. The normalized spacial score (nSPS) is 13.2. The molecular formula is C17H20N6O3. The molecule has 0 fully saturated rings. The summed E-state index contributed by atoms with van der Waals surface area (Å²) < 4.78 is 0. The third-order valence-corrected chi connectivity index (χ3v) is 4.33. The van der Waals surface area contributed by atoms with E-state index < -0.39 is 4.92 Å². The van der Waals surface area contributed by atoms with Gasteiger partial charge < -0.3 is 16.0 Å². The number of hydrogen-bond donors (Lipinski definition) is 2. The Bertz CT molecular complexity index is 826. The molecule has 3 N–H and O–H groups in total. The van der Waals surface area contributed by atoms with Crippen molar-refractivity contribution in [2.75, 3.05) is 24.1 Å². The molecule has 0 bridgehead atoms. The Hall–Kier alpha value is -3.23. The fraction of sp³-hybridized carbons (Fsp3) is 0.353. The van der Waals surface area contributed by atoms with Crippen molar-refractivity contribution in [3.8, 4) is 0 Å². The predicted octanol–water partition coefficient (Wildman–Crippen LogP) is 1.74. The molecule has 136 valence electrons. The summed E-state index contributed by atoms with van der Waals surface area (Å²) in [5, 5.41) is 13.6. The molecular weight excluding hydrogens is 336 g/mol. The number of nitrogens with two attached hydrogens (primary N) is 1. The maximum Gasteiger partial charge on any atom is 0.329 e. The number of benzene rings is 1. The molecule has 26 heavy (non-hydrogen) atoms. The van der Waals surface area contributed by atoms with E-state index in [0.29, 0.717) is 25.9 Å². The van der Waals surface area contributed by atoms with Gasteiger partial charge >= 0.3 is 5.69 Å². The summed E-state index contributed by atoms with van der Waals surface area (Å²) in [5.41, 5.74) is 7.71. The maximum atomic E-state index is 12.4. The van der Waals surface area contributed by atoms with Gasteiger partial charge in [-0.3, -0.25) is 14.9 Å². The molecule has 0 saturated heterocycles. The lowest BCUT2D eigenvalue weighted by atomic mass is 9.99. The van der Waals surface area contributed by atoms with Gasteiger partial charge in [0.1, 0.15) is 6.20 Å². The Labute approximate surface area is 150 Å². The molecule has 0 aliphatic carbocycles. The van der Waals surface area contributed by atoms with Crippen molar-refractivity contribution >= 4 is 23.4 Å². The highest BCUT2D eigenvalue weighted by Gasteiger charge is 2.20. The van der Waals surface area contributed by atoms with Crippen LogP contribution in [0.2, 0.25) is 0 Å². The van der Waals surface area contributed by atoms with Crippen molar-refractivity contribution in [1.82, 2.24) is 14.9 Å². The number of nitro groups is 1. The summed E-state index contributed by atoms with van der Waals surface area (Å²) in [6.45, 7) is 1.88. The highest BCUT2D eigenvalue weighted by molar-refractivity contribution is 5.76. The SMILES string of the molecule is Nc1nc(NCCCC(=O)N2CCc3ccccc3C2)ncc1[N+](=O)[O-]. The molecule has 1 aromatic heterocycles. The van der Waals surface area contributed by atoms with E-state index in [4.69, 9.17) is 5.73 Å². The summed E-state index contributed by atoms with van der Waals surface area (Å²) in [5.74, 6) is 0.147. The first-order chi connectivity index (χ1) is 12.5. The predicted molar refractivity (Wildman–Crippen MR) is 96.4 cm³/mol. The minimum absolute atomic E-state index is 0.116. The number of carbonyl (C=O) groups excluding carboxylic acids is 1. The van der Waals surface area contributed by atoms with Crippen molar-refractivity contribution in [3.63, 3.8) is 0 Å². The number of amides is 1. The lowest BCUT2D eigenvalue weighted by molar-refractivity contribution is -0.384. The highest BCUT2D eigenvalue weighted by atomic mass is 16.6. The van der Waals surface area contributed by atoms with E-state index in [1.807, 2.05) is 17.0 Å². The molecule has 2 heterocycles. The zero-order valence-corrected chi connectivity index (χ0v) is 14.2. The van der Waals surface area contributed by atoms with Gasteiger partial charge in [-0.15, -0.1) is 0 Å². The molecule has 0 atom stereocenters. The number of carbonyl (C=O) groups is 1. The average molecular weight is 356 g/mol. The summed E-state index contributed by atoms with van der Waals surface area (Å²) >= 11 is 0. The summed E-state index contributed by atoms with van der Waals surface area (Å²) in [6.07, 6.45) is 2.98. The number of nitrogens with zero attached hydrogens (tertiary/aromatic N) is 4. The minimum Gasteiger partial charge on any atom is -0.378 e. The second kappa shape index (κ2) is 7.77. The number of aromatic nitrogens is 2. The van der Waals surface area contributed by atoms with Crippen LogP contribution in [0.5, 0.6) is 0 Å². The first-order valence-electron chi connectivity index (χ1n) is 8.40. The van der Waals surface area contributed by atoms with E-state index >= 15 is 0 Å². The fourth-order valence-electron chi connectivity index (χ4n) is 2.92. The Morgan fingerprint density at radius 3 is 2.85 bits per heavy atom. The topological polar surface area (TPSA) is 127 Å². The molecule has 1 aliphatic heterocycles. The molecule has 3 rings (SSSR count). The first-order valence-corrected chi connectivity index (χ1v) is 8.40. The van der Waals surface area contributed by atoms with Crippen LogP contribution in [0.15, 0.2) is 30.5 Å². The molecule has 0 spiro atoms. The minimum atomic E-state index is -0.630. The quantitative estimate of drug-likeness (QED) is 0.458. The molecule has 9 heteroatoms. The largest absolute Gasteiger partial charge is 0.378 e. The van der Waals surface area contributed by atoms with Gasteiger partial charge in [-0.2, -0.15) is 4.98 Å². The molecule has 1 aromatic carbocycles. The van der Waals surface area contributed by atoms with Crippen LogP contribution in [-0.2, 0) is 17.8 Å². The van der Waals surface area contributed by atoms with Crippen LogP contribution in [0.4, 0.5) is 17.5 Å². The van der Waals surface area contributed by atoms with Gasteiger partial charge in [-0.05, 0) is 24.0 Å². The third-order valence-electron chi connectivity index (χ3n) is 4.33. The van der Waals surface area contributed by atoms with Crippen molar-refractivity contribution in [3.05, 3.63) is 51.7 Å². The molecule has 0 unspecified atom stereocenters. The van der Waals surface area contributed by atoms with E-state index in [9.17, 15) is 14.9 Å². The number of nitrogen functional groups attached to an aromatic ring is 1. The van der Waals surface area contributed by atoms with Crippen LogP contribution in [0.3, 0.4) is 0 Å². The Balaban J connectivity index is 1.45. The number of fused-ring (bicyclic) bond motifs is 1. The Morgan fingerprint density at radius 2 is 2.12 bits per heavy atom. The van der Waals surface area contributed by atoms with Gasteiger partial charge in [0, 0.05) is 26.1 Å². The number of anilines is 2. The first kappa shape index (κ1) is 17.6. The zero-order valence-electron chi connectivity index (χ0n) is 14.2. The van der Waals surface area contributed by atoms with Crippen molar-refractivity contribution in [2.24, 2.45) is 0 Å².